The van der Waals surface area contributed by atoms with Crippen molar-refractivity contribution in [1.82, 2.24) is 68.6 Å². The van der Waals surface area contributed by atoms with Crippen LogP contribution < -0.4 is 0 Å². The molecule has 0 fully saturated rings. The fraction of sp³-hybridized carbons (Fsp3) is 0.895. The molecular weight excluding hydrogens is 1170 g/mol. The van der Waals surface area contributed by atoms with Crippen LogP contribution in [0.1, 0.15) is 169 Å². The van der Waals surface area contributed by atoms with Gasteiger partial charge in [0.05, 0.1) is 0 Å². The zero-order valence-corrected chi connectivity index (χ0v) is 66.0. The molecule has 0 saturated heterocycles. The van der Waals surface area contributed by atoms with Crippen LogP contribution in [-0.2, 0) is 5.41 Å². The van der Waals surface area contributed by atoms with Crippen LogP contribution in [0.25, 0.3) is 9.75 Å². The highest BCUT2D eigenvalue weighted by Gasteiger charge is 2.45. The predicted molar refractivity (Wildman–Crippen MR) is 411 cm³/mol. The van der Waals surface area contributed by atoms with Crippen molar-refractivity contribution >= 4 is 22.7 Å². The van der Waals surface area contributed by atoms with Gasteiger partial charge in [0.2, 0.25) is 0 Å². The van der Waals surface area contributed by atoms with E-state index in [-0.39, 0.29) is 5.41 Å². The van der Waals surface area contributed by atoms with Gasteiger partial charge in [-0.1, -0.05) is 38.5 Å². The lowest BCUT2D eigenvalue weighted by Crippen LogP contribution is -2.36. The molecular formula is C76H154N14S2. The van der Waals surface area contributed by atoms with Gasteiger partial charge >= 0.3 is 0 Å². The Balaban J connectivity index is 1.72. The summed E-state index contributed by atoms with van der Waals surface area (Å²) in [6.07, 6.45) is 29.7. The third-order valence-corrected chi connectivity index (χ3v) is 21.6. The molecule has 540 valence electrons. The minimum atomic E-state index is 0.171. The predicted octanol–water partition coefficient (Wildman–Crippen LogP) is 12.0. The maximum absolute atomic E-state index is 2.90. The lowest BCUT2D eigenvalue weighted by Gasteiger charge is -2.32. The molecule has 0 radical (unpaired) electrons. The molecule has 2 aromatic rings. The molecule has 3 rings (SSSR count). The first-order valence-electron chi connectivity index (χ1n) is 37.8. The summed E-state index contributed by atoms with van der Waals surface area (Å²) < 4.78 is 0. The SMILES string of the molecule is Cc1cc2c(s1)-c1sc(C)cc1C2(CCCCCCN(CCCN(CCCCN(C)C)CCCN(C)C)CCCN(CCCN(C)C)CCCN(C)C)CCCCCCN(CCCN(CCCN(C)C)CCCN(C)C)CCCN(CCCN(C)C)CCCN(C)C. The summed E-state index contributed by atoms with van der Waals surface area (Å²) in [5.74, 6) is 0. The van der Waals surface area contributed by atoms with E-state index < -0.39 is 0 Å². The van der Waals surface area contributed by atoms with Crippen molar-refractivity contribution in [2.45, 2.75) is 167 Å². The topological polar surface area (TPSA) is 45.4 Å². The third kappa shape index (κ3) is 39.4. The summed E-state index contributed by atoms with van der Waals surface area (Å²) in [5.41, 5.74) is 3.56. The highest BCUT2D eigenvalue weighted by molar-refractivity contribution is 7.22. The van der Waals surface area contributed by atoms with Gasteiger partial charge in [0.25, 0.3) is 0 Å². The summed E-state index contributed by atoms with van der Waals surface area (Å²) in [7, 11) is 35.6. The normalized spacial score (nSPS) is 13.7. The first-order valence-corrected chi connectivity index (χ1v) is 39.4. The van der Waals surface area contributed by atoms with Crippen LogP contribution in [0.15, 0.2) is 12.1 Å². The molecule has 2 heterocycles. The van der Waals surface area contributed by atoms with Crippen molar-refractivity contribution < 1.29 is 0 Å². The molecule has 0 saturated carbocycles. The Labute approximate surface area is 580 Å². The zero-order valence-electron chi connectivity index (χ0n) is 64.4. The van der Waals surface area contributed by atoms with Crippen LogP contribution in [0, 0.1) is 13.8 Å². The van der Waals surface area contributed by atoms with E-state index in [0.29, 0.717) is 0 Å². The molecule has 0 unspecified atom stereocenters. The molecule has 0 amide bonds. The molecule has 92 heavy (non-hydrogen) atoms. The van der Waals surface area contributed by atoms with E-state index in [1.165, 1.54) is 328 Å². The van der Waals surface area contributed by atoms with E-state index in [1.807, 2.05) is 0 Å². The number of hydrogen-bond donors (Lipinski definition) is 0. The minimum absolute atomic E-state index is 0.171. The van der Waals surface area contributed by atoms with Gasteiger partial charge in [-0.05, 0) is 429 Å². The molecule has 0 bridgehead atoms. The van der Waals surface area contributed by atoms with E-state index in [9.17, 15) is 0 Å². The summed E-state index contributed by atoms with van der Waals surface area (Å²) in [4.78, 5) is 42.0. The highest BCUT2D eigenvalue weighted by atomic mass is 32.1. The average Bonchev–Trinajstić information content (AvgIpc) is 1.56. The van der Waals surface area contributed by atoms with Gasteiger partial charge in [-0.3, -0.25) is 0 Å². The number of fused-ring (bicyclic) bond motifs is 3. The van der Waals surface area contributed by atoms with Gasteiger partial charge in [0, 0.05) is 24.9 Å². The largest absolute Gasteiger partial charge is 0.309 e. The van der Waals surface area contributed by atoms with Crippen LogP contribution in [0.4, 0.5) is 0 Å². The molecule has 1 aliphatic carbocycles. The Bertz CT molecular complexity index is 1910. The van der Waals surface area contributed by atoms with Gasteiger partial charge in [-0.25, -0.2) is 0 Å². The van der Waals surface area contributed by atoms with E-state index in [1.54, 1.807) is 20.9 Å². The zero-order chi connectivity index (χ0) is 67.5. The summed E-state index contributed by atoms with van der Waals surface area (Å²) in [5, 5.41) is 0. The van der Waals surface area contributed by atoms with E-state index in [2.05, 4.69) is 230 Å². The number of nitrogens with zero attached hydrogens (tertiary/aromatic N) is 14. The monoisotopic (exact) mass is 1330 g/mol. The quantitative estimate of drug-likeness (QED) is 0.0591. The molecule has 1 aliphatic rings. The third-order valence-electron chi connectivity index (χ3n) is 19.3. The Morgan fingerprint density at radius 3 is 0.598 bits per heavy atom. The van der Waals surface area contributed by atoms with Crippen molar-refractivity contribution in [3.63, 3.8) is 0 Å². The summed E-state index contributed by atoms with van der Waals surface area (Å²) >= 11 is 4.16. The maximum Gasteiger partial charge on any atom is 0.0489 e. The average molecular weight is 1330 g/mol. The van der Waals surface area contributed by atoms with Gasteiger partial charge < -0.3 is 68.6 Å². The number of rotatable bonds is 63. The van der Waals surface area contributed by atoms with Gasteiger partial charge in [-0.15, -0.1) is 22.7 Å². The van der Waals surface area contributed by atoms with Gasteiger partial charge in [0.15, 0.2) is 0 Å². The van der Waals surface area contributed by atoms with Crippen LogP contribution >= 0.6 is 22.7 Å². The van der Waals surface area contributed by atoms with E-state index in [0.717, 1.165) is 0 Å². The van der Waals surface area contributed by atoms with E-state index in [4.69, 9.17) is 0 Å². The standard InChI is InChI=1S/C76H154N14S2/c1-70-68-72-74(91-70)75-73(69-71(2)92-75)76(72,41-24-20-22-26-51-86(62-38-66-89(56-32-46-81(11)12)57-33-47-82(13)14)63-39-67-90(58-34-48-83(15)16)59-35-49-84(17)18)40-23-19-21-25-50-85(61-37-65-88(54-30-44-79(7)8)55-31-45-80(9)10)60-36-64-87(53-29-43-78(5)6)52-28-27-42-77(3)4/h68-69H,19-67H2,1-18H3. The number of hydrogen-bond acceptors (Lipinski definition) is 16. The first kappa shape index (κ1) is 85.1. The van der Waals surface area contributed by atoms with Gasteiger partial charge in [-0.2, -0.15) is 0 Å². The number of thiophene rings is 2. The number of unbranched alkanes of at least 4 members (excludes halogenated alkanes) is 7. The van der Waals surface area contributed by atoms with E-state index >= 15 is 0 Å². The molecule has 2 aromatic heterocycles. The second-order valence-corrected chi connectivity index (χ2v) is 33.2. The molecule has 0 aromatic carbocycles. The number of aryl methyl sites for hydroxylation is 2. The smallest absolute Gasteiger partial charge is 0.0489 e. The first-order chi connectivity index (χ1) is 44.1. The lowest BCUT2D eigenvalue weighted by atomic mass is 9.71. The Hall–Kier alpha value is -1.16. The Kier molecular flexibility index (Phi) is 47.2. The van der Waals surface area contributed by atoms with Crippen molar-refractivity contribution in [3.8, 4) is 9.75 Å². The molecule has 0 atom stereocenters. The van der Waals surface area contributed by atoms with Crippen molar-refractivity contribution in [2.24, 2.45) is 0 Å². The summed E-state index contributed by atoms with van der Waals surface area (Å²) in [6.45, 7) is 36.1. The van der Waals surface area contributed by atoms with Gasteiger partial charge in [0.1, 0.15) is 0 Å². The van der Waals surface area contributed by atoms with Crippen LogP contribution in [0.5, 0.6) is 0 Å². The van der Waals surface area contributed by atoms with Crippen molar-refractivity contribution in [1.29, 1.82) is 0 Å². The molecule has 0 N–H and O–H groups in total. The second-order valence-electron chi connectivity index (χ2n) is 30.7. The molecule has 0 aliphatic heterocycles. The fourth-order valence-electron chi connectivity index (χ4n) is 14.2. The molecule has 16 heteroatoms. The van der Waals surface area contributed by atoms with Crippen molar-refractivity contribution in [2.75, 3.05) is 283 Å². The molecule has 14 nitrogen and oxygen atoms in total. The van der Waals surface area contributed by atoms with Crippen molar-refractivity contribution in [3.05, 3.63) is 33.0 Å². The molecule has 0 spiro atoms. The van der Waals surface area contributed by atoms with Crippen LogP contribution in [-0.4, -0.2) is 352 Å². The maximum atomic E-state index is 2.90. The highest BCUT2D eigenvalue weighted by Crippen LogP contribution is 2.59. The summed E-state index contributed by atoms with van der Waals surface area (Å²) in [6, 6.07) is 5.27. The van der Waals surface area contributed by atoms with Crippen LogP contribution in [0.3, 0.4) is 0 Å². The Morgan fingerprint density at radius 1 is 0.217 bits per heavy atom. The second kappa shape index (κ2) is 51.1. The minimum Gasteiger partial charge on any atom is -0.309 e. The Morgan fingerprint density at radius 2 is 0.380 bits per heavy atom. The van der Waals surface area contributed by atoms with Crippen LogP contribution in [0.2, 0.25) is 0 Å². The fourth-order valence-corrected chi connectivity index (χ4v) is 16.6. The lowest BCUT2D eigenvalue weighted by molar-refractivity contribution is 0.193.